The van der Waals surface area contributed by atoms with Gasteiger partial charge in [-0.15, -0.1) is 0 Å². The van der Waals surface area contributed by atoms with E-state index in [1.165, 1.54) is 32.1 Å². The van der Waals surface area contributed by atoms with Crippen LogP contribution in [0.1, 0.15) is 44.6 Å². The lowest BCUT2D eigenvalue weighted by atomic mass is 9.81. The van der Waals surface area contributed by atoms with E-state index in [0.717, 1.165) is 28.5 Å². The highest BCUT2D eigenvalue weighted by Gasteiger charge is 2.18. The first kappa shape index (κ1) is 16.3. The number of hydrogen-bond acceptors (Lipinski definition) is 3. The van der Waals surface area contributed by atoms with Crippen molar-refractivity contribution in [3.05, 3.63) is 32.3 Å². The Morgan fingerprint density at radius 1 is 1.33 bits per heavy atom. The Kier molecular flexibility index (Phi) is 5.62. The van der Waals surface area contributed by atoms with Crippen LogP contribution in [0.3, 0.4) is 0 Å². The van der Waals surface area contributed by atoms with E-state index in [1.54, 1.807) is 13.0 Å². The predicted octanol–water partition coefficient (Wildman–Crippen LogP) is 5.29. The molecule has 0 radical (unpaired) electrons. The molecule has 0 aliphatic heterocycles. The second-order valence-corrected chi connectivity index (χ2v) is 7.07. The fourth-order valence-corrected chi connectivity index (χ4v) is 3.50. The number of nitrogens with zero attached hydrogens (tertiary/aromatic N) is 1. The van der Waals surface area contributed by atoms with Gasteiger partial charge in [-0.25, -0.2) is 0 Å². The first-order chi connectivity index (χ1) is 9.97. The quantitative estimate of drug-likeness (QED) is 0.576. The van der Waals surface area contributed by atoms with Gasteiger partial charge in [0.15, 0.2) is 0 Å². The Morgan fingerprint density at radius 2 is 2.00 bits per heavy atom. The highest BCUT2D eigenvalue weighted by atomic mass is 79.9. The summed E-state index contributed by atoms with van der Waals surface area (Å²) < 4.78 is 0.761. The van der Waals surface area contributed by atoms with E-state index in [9.17, 15) is 10.1 Å². The molecule has 21 heavy (non-hydrogen) atoms. The number of halogens is 1. The molecule has 116 valence electrons. The van der Waals surface area contributed by atoms with Gasteiger partial charge in [-0.1, -0.05) is 32.6 Å². The van der Waals surface area contributed by atoms with Crippen molar-refractivity contribution in [3.8, 4) is 0 Å². The summed E-state index contributed by atoms with van der Waals surface area (Å²) in [6.07, 6.45) is 6.55. The zero-order valence-corrected chi connectivity index (χ0v) is 14.3. The molecule has 0 saturated heterocycles. The lowest BCUT2D eigenvalue weighted by Gasteiger charge is -2.26. The molecule has 1 aliphatic carbocycles. The molecule has 1 fully saturated rings. The van der Waals surface area contributed by atoms with Crippen molar-refractivity contribution in [1.29, 1.82) is 0 Å². The molecule has 1 aliphatic rings. The van der Waals surface area contributed by atoms with Gasteiger partial charge < -0.3 is 5.32 Å². The molecule has 0 unspecified atom stereocenters. The van der Waals surface area contributed by atoms with E-state index in [4.69, 9.17) is 0 Å². The van der Waals surface area contributed by atoms with Gasteiger partial charge in [-0.05, 0) is 47.2 Å². The molecule has 0 heterocycles. The fourth-order valence-electron chi connectivity index (χ4n) is 3.03. The average molecular weight is 355 g/mol. The molecule has 0 aromatic heterocycles. The number of nitrogens with one attached hydrogen (secondary N) is 1. The van der Waals surface area contributed by atoms with Gasteiger partial charge in [-0.2, -0.15) is 0 Å². The van der Waals surface area contributed by atoms with Crippen molar-refractivity contribution in [3.63, 3.8) is 0 Å². The van der Waals surface area contributed by atoms with Crippen molar-refractivity contribution in [1.82, 2.24) is 0 Å². The third kappa shape index (κ3) is 4.43. The van der Waals surface area contributed by atoms with Gasteiger partial charge in [0.05, 0.1) is 4.92 Å². The maximum absolute atomic E-state index is 10.9. The molecule has 0 amide bonds. The molecule has 1 aromatic rings. The molecule has 2 rings (SSSR count). The first-order valence-corrected chi connectivity index (χ1v) is 8.45. The van der Waals surface area contributed by atoms with Crippen LogP contribution < -0.4 is 5.32 Å². The molecular formula is C16H23BrN2O2. The highest BCUT2D eigenvalue weighted by molar-refractivity contribution is 9.10. The number of nitro groups is 1. The van der Waals surface area contributed by atoms with Gasteiger partial charge in [-0.3, -0.25) is 10.1 Å². The number of anilines is 1. The summed E-state index contributed by atoms with van der Waals surface area (Å²) in [5.74, 6) is 1.72. The number of aryl methyl sites for hydroxylation is 1. The van der Waals surface area contributed by atoms with Gasteiger partial charge in [0.2, 0.25) is 0 Å². The summed E-state index contributed by atoms with van der Waals surface area (Å²) in [7, 11) is 0. The summed E-state index contributed by atoms with van der Waals surface area (Å²) in [6, 6.07) is 3.44. The molecule has 1 aromatic carbocycles. The Labute approximate surface area is 134 Å². The van der Waals surface area contributed by atoms with Crippen LogP contribution in [0.4, 0.5) is 11.4 Å². The number of nitro benzene ring substituents is 1. The SMILES string of the molecule is Cc1cc(NCCC2CCC(C)CC2)c(Br)cc1[N+](=O)[O-]. The summed E-state index contributed by atoms with van der Waals surface area (Å²) in [4.78, 5) is 10.6. The van der Waals surface area contributed by atoms with Crippen molar-refractivity contribution in [2.45, 2.75) is 46.0 Å². The van der Waals surface area contributed by atoms with E-state index in [-0.39, 0.29) is 10.6 Å². The van der Waals surface area contributed by atoms with Crippen molar-refractivity contribution in [2.75, 3.05) is 11.9 Å². The van der Waals surface area contributed by atoms with Crippen LogP contribution in [0.2, 0.25) is 0 Å². The van der Waals surface area contributed by atoms with Crippen LogP contribution in [0.5, 0.6) is 0 Å². The molecule has 0 atom stereocenters. The van der Waals surface area contributed by atoms with E-state index >= 15 is 0 Å². The van der Waals surface area contributed by atoms with E-state index in [0.29, 0.717) is 5.56 Å². The Balaban J connectivity index is 1.88. The van der Waals surface area contributed by atoms with Crippen LogP contribution in [0.15, 0.2) is 16.6 Å². The molecule has 5 heteroatoms. The molecule has 1 saturated carbocycles. The van der Waals surface area contributed by atoms with Gasteiger partial charge in [0.25, 0.3) is 5.69 Å². The highest BCUT2D eigenvalue weighted by Crippen LogP contribution is 2.32. The first-order valence-electron chi connectivity index (χ1n) is 7.65. The Morgan fingerprint density at radius 3 is 2.62 bits per heavy atom. The maximum Gasteiger partial charge on any atom is 0.273 e. The predicted molar refractivity (Wildman–Crippen MR) is 89.8 cm³/mol. The molecule has 0 bridgehead atoms. The minimum absolute atomic E-state index is 0.161. The standard InChI is InChI=1S/C16H23BrN2O2/c1-11-3-5-13(6-4-11)7-8-18-15-9-12(2)16(19(20)21)10-14(15)17/h9-11,13,18H,3-8H2,1-2H3. The normalized spacial score (nSPS) is 22.0. The largest absolute Gasteiger partial charge is 0.384 e. The maximum atomic E-state index is 10.9. The second-order valence-electron chi connectivity index (χ2n) is 6.22. The third-order valence-electron chi connectivity index (χ3n) is 4.49. The van der Waals surface area contributed by atoms with Crippen LogP contribution >= 0.6 is 15.9 Å². The van der Waals surface area contributed by atoms with Gasteiger partial charge in [0.1, 0.15) is 0 Å². The van der Waals surface area contributed by atoms with Crippen LogP contribution in [-0.4, -0.2) is 11.5 Å². The van der Waals surface area contributed by atoms with Crippen LogP contribution in [-0.2, 0) is 0 Å². The number of hydrogen-bond donors (Lipinski definition) is 1. The monoisotopic (exact) mass is 354 g/mol. The van der Waals surface area contributed by atoms with Gasteiger partial charge in [0, 0.05) is 28.3 Å². The molecular weight excluding hydrogens is 332 g/mol. The zero-order valence-electron chi connectivity index (χ0n) is 12.7. The smallest absolute Gasteiger partial charge is 0.273 e. The van der Waals surface area contributed by atoms with Gasteiger partial charge >= 0.3 is 0 Å². The lowest BCUT2D eigenvalue weighted by Crippen LogP contribution is -2.16. The van der Waals surface area contributed by atoms with E-state index in [2.05, 4.69) is 28.2 Å². The number of rotatable bonds is 5. The summed E-state index contributed by atoms with van der Waals surface area (Å²) in [6.45, 7) is 5.04. The molecule has 1 N–H and O–H groups in total. The minimum atomic E-state index is -0.340. The van der Waals surface area contributed by atoms with Crippen LogP contribution in [0, 0.1) is 28.9 Å². The Hall–Kier alpha value is -1.10. The summed E-state index contributed by atoms with van der Waals surface area (Å²) >= 11 is 3.42. The van der Waals surface area contributed by atoms with Crippen molar-refractivity contribution in [2.24, 2.45) is 11.8 Å². The third-order valence-corrected chi connectivity index (χ3v) is 5.14. The summed E-state index contributed by atoms with van der Waals surface area (Å²) in [5, 5.41) is 14.3. The fraction of sp³-hybridized carbons (Fsp3) is 0.625. The molecule has 4 nitrogen and oxygen atoms in total. The lowest BCUT2D eigenvalue weighted by molar-refractivity contribution is -0.385. The average Bonchev–Trinajstić information content (AvgIpc) is 2.44. The van der Waals surface area contributed by atoms with Crippen molar-refractivity contribution < 1.29 is 4.92 Å². The van der Waals surface area contributed by atoms with Crippen molar-refractivity contribution >= 4 is 27.3 Å². The van der Waals surface area contributed by atoms with Crippen LogP contribution in [0.25, 0.3) is 0 Å². The summed E-state index contributed by atoms with van der Waals surface area (Å²) in [5.41, 5.74) is 1.80. The molecule has 0 spiro atoms. The number of benzene rings is 1. The Bertz CT molecular complexity index is 511. The van der Waals surface area contributed by atoms with E-state index < -0.39 is 0 Å². The zero-order chi connectivity index (χ0) is 15.4. The minimum Gasteiger partial charge on any atom is -0.384 e. The van der Waals surface area contributed by atoms with E-state index in [1.807, 2.05) is 6.07 Å². The topological polar surface area (TPSA) is 55.2 Å². The second kappa shape index (κ2) is 7.25.